The first-order valence-corrected chi connectivity index (χ1v) is 10.1. The Labute approximate surface area is 178 Å². The summed E-state index contributed by atoms with van der Waals surface area (Å²) in [6.45, 7) is 1.97. The molecule has 3 aromatic rings. The molecule has 160 valence electrons. The zero-order valence-electron chi connectivity index (χ0n) is 17.0. The third kappa shape index (κ3) is 4.55. The van der Waals surface area contributed by atoms with Gasteiger partial charge in [0.25, 0.3) is 0 Å². The molecular weight excluding hydrogens is 402 g/mol. The molecule has 0 amide bonds. The summed E-state index contributed by atoms with van der Waals surface area (Å²) in [5.74, 6) is -1.66. The first-order valence-electron chi connectivity index (χ1n) is 10.1. The molecule has 1 aliphatic rings. The molecule has 0 spiro atoms. The van der Waals surface area contributed by atoms with Crippen LogP contribution < -0.4 is 4.74 Å². The Hall–Kier alpha value is -3.35. The third-order valence-corrected chi connectivity index (χ3v) is 5.73. The second-order valence-electron chi connectivity index (χ2n) is 7.84. The third-order valence-electron chi connectivity index (χ3n) is 5.73. The minimum Gasteiger partial charge on any atom is -0.489 e. The van der Waals surface area contributed by atoms with Crippen LogP contribution in [0.2, 0.25) is 0 Å². The van der Waals surface area contributed by atoms with Crippen molar-refractivity contribution in [3.8, 4) is 5.75 Å². The SMILES string of the molecule is Cc1ccc(OCc2ccc(F)cc2F)c(C2CCCC2c2cncc(C(=O)O)n2)c1. The largest absolute Gasteiger partial charge is 0.489 e. The standard InChI is InChI=1S/C24H22F2N2O3/c1-14-5-8-23(31-13-15-6-7-16(25)10-20(15)26)19(9-14)17-3-2-4-18(17)21-11-27-12-22(28-21)24(29)30/h5-12,17-18H,2-4,13H2,1H3,(H,29,30). The number of benzene rings is 2. The minimum atomic E-state index is -1.11. The number of nitrogens with zero attached hydrogens (tertiary/aromatic N) is 2. The normalized spacial score (nSPS) is 18.2. The molecule has 2 aromatic carbocycles. The Balaban J connectivity index is 1.63. The highest BCUT2D eigenvalue weighted by Gasteiger charge is 2.33. The smallest absolute Gasteiger partial charge is 0.356 e. The maximum Gasteiger partial charge on any atom is 0.356 e. The average Bonchev–Trinajstić information content (AvgIpc) is 3.23. The average molecular weight is 424 g/mol. The molecule has 0 aliphatic heterocycles. The number of hydrogen-bond acceptors (Lipinski definition) is 4. The van der Waals surface area contributed by atoms with Crippen molar-refractivity contribution in [3.05, 3.63) is 88.5 Å². The van der Waals surface area contributed by atoms with Crippen molar-refractivity contribution in [2.75, 3.05) is 0 Å². The van der Waals surface area contributed by atoms with E-state index in [1.165, 1.54) is 18.3 Å². The summed E-state index contributed by atoms with van der Waals surface area (Å²) in [6.07, 6.45) is 5.60. The fraction of sp³-hybridized carbons (Fsp3) is 0.292. The number of halogens is 2. The lowest BCUT2D eigenvalue weighted by molar-refractivity contribution is 0.0689. The number of aromatic carboxylic acids is 1. The van der Waals surface area contributed by atoms with E-state index >= 15 is 0 Å². The second-order valence-corrected chi connectivity index (χ2v) is 7.84. The van der Waals surface area contributed by atoms with Gasteiger partial charge in [0.2, 0.25) is 0 Å². The number of ether oxygens (including phenoxy) is 1. The van der Waals surface area contributed by atoms with Crippen LogP contribution in [0.3, 0.4) is 0 Å². The van der Waals surface area contributed by atoms with Crippen LogP contribution in [-0.2, 0) is 6.61 Å². The van der Waals surface area contributed by atoms with E-state index in [0.29, 0.717) is 11.4 Å². The summed E-state index contributed by atoms with van der Waals surface area (Å²) < 4.78 is 33.2. The zero-order valence-corrected chi connectivity index (χ0v) is 17.0. The molecule has 2 unspecified atom stereocenters. The highest BCUT2D eigenvalue weighted by molar-refractivity contribution is 5.84. The molecule has 0 radical (unpaired) electrons. The molecule has 1 aliphatic carbocycles. The number of carbonyl (C=O) groups is 1. The van der Waals surface area contributed by atoms with Gasteiger partial charge in [-0.05, 0) is 49.4 Å². The summed E-state index contributed by atoms with van der Waals surface area (Å²) in [5.41, 5.74) is 2.89. The molecule has 7 heteroatoms. The van der Waals surface area contributed by atoms with Crippen molar-refractivity contribution in [1.29, 1.82) is 0 Å². The number of aryl methyl sites for hydroxylation is 1. The predicted molar refractivity (Wildman–Crippen MR) is 110 cm³/mol. The second kappa shape index (κ2) is 8.79. The van der Waals surface area contributed by atoms with Gasteiger partial charge >= 0.3 is 5.97 Å². The fourth-order valence-electron chi connectivity index (χ4n) is 4.23. The van der Waals surface area contributed by atoms with E-state index in [2.05, 4.69) is 9.97 Å². The van der Waals surface area contributed by atoms with Crippen molar-refractivity contribution in [2.45, 2.75) is 44.6 Å². The summed E-state index contributed by atoms with van der Waals surface area (Å²) in [5, 5.41) is 9.26. The van der Waals surface area contributed by atoms with Crippen molar-refractivity contribution in [3.63, 3.8) is 0 Å². The van der Waals surface area contributed by atoms with Crippen LogP contribution in [0.1, 0.15) is 64.0 Å². The number of hydrogen-bond donors (Lipinski definition) is 1. The lowest BCUT2D eigenvalue weighted by Crippen LogP contribution is -2.12. The van der Waals surface area contributed by atoms with Crippen molar-refractivity contribution >= 4 is 5.97 Å². The molecule has 1 fully saturated rings. The number of carboxylic acid groups (broad SMARTS) is 1. The quantitative estimate of drug-likeness (QED) is 0.574. The maximum atomic E-state index is 14.0. The molecule has 4 rings (SSSR count). The predicted octanol–water partition coefficient (Wildman–Crippen LogP) is 5.39. The van der Waals surface area contributed by atoms with Gasteiger partial charge < -0.3 is 9.84 Å². The van der Waals surface area contributed by atoms with Gasteiger partial charge in [-0.1, -0.05) is 24.1 Å². The van der Waals surface area contributed by atoms with Crippen LogP contribution in [0.15, 0.2) is 48.8 Å². The molecule has 1 N–H and O–H groups in total. The van der Waals surface area contributed by atoms with Gasteiger partial charge in [-0.15, -0.1) is 0 Å². The van der Waals surface area contributed by atoms with Gasteiger partial charge in [0.1, 0.15) is 24.0 Å². The van der Waals surface area contributed by atoms with E-state index in [4.69, 9.17) is 4.74 Å². The van der Waals surface area contributed by atoms with Crippen LogP contribution in [0, 0.1) is 18.6 Å². The summed E-state index contributed by atoms with van der Waals surface area (Å²) in [6, 6.07) is 9.27. The van der Waals surface area contributed by atoms with Gasteiger partial charge in [0, 0.05) is 23.7 Å². The lowest BCUT2D eigenvalue weighted by atomic mass is 9.85. The zero-order chi connectivity index (χ0) is 22.0. The van der Waals surface area contributed by atoms with Gasteiger partial charge in [0.05, 0.1) is 11.9 Å². The molecule has 2 atom stereocenters. The Kier molecular flexibility index (Phi) is 5.93. The van der Waals surface area contributed by atoms with Crippen LogP contribution >= 0.6 is 0 Å². The van der Waals surface area contributed by atoms with Crippen LogP contribution in [0.4, 0.5) is 8.78 Å². The monoisotopic (exact) mass is 424 g/mol. The van der Waals surface area contributed by atoms with Crippen molar-refractivity contribution < 1.29 is 23.4 Å². The number of rotatable bonds is 6. The summed E-state index contributed by atoms with van der Waals surface area (Å²) in [7, 11) is 0. The topological polar surface area (TPSA) is 72.3 Å². The Bertz CT molecular complexity index is 1120. The molecule has 31 heavy (non-hydrogen) atoms. The first-order chi connectivity index (χ1) is 14.9. The van der Waals surface area contributed by atoms with Gasteiger partial charge in [0.15, 0.2) is 5.69 Å². The van der Waals surface area contributed by atoms with E-state index in [0.717, 1.165) is 36.5 Å². The number of carboxylic acids is 1. The van der Waals surface area contributed by atoms with Gasteiger partial charge in [-0.25, -0.2) is 18.6 Å². The van der Waals surface area contributed by atoms with Crippen LogP contribution in [-0.4, -0.2) is 21.0 Å². The van der Waals surface area contributed by atoms with Crippen LogP contribution in [0.25, 0.3) is 0 Å². The Morgan fingerprint density at radius 2 is 1.94 bits per heavy atom. The summed E-state index contributed by atoms with van der Waals surface area (Å²) >= 11 is 0. The highest BCUT2D eigenvalue weighted by Crippen LogP contribution is 2.48. The maximum absolute atomic E-state index is 14.0. The molecule has 1 heterocycles. The van der Waals surface area contributed by atoms with E-state index < -0.39 is 17.6 Å². The molecule has 5 nitrogen and oxygen atoms in total. The lowest BCUT2D eigenvalue weighted by Gasteiger charge is -2.23. The van der Waals surface area contributed by atoms with E-state index in [9.17, 15) is 18.7 Å². The first kappa shape index (κ1) is 20.9. The van der Waals surface area contributed by atoms with Crippen molar-refractivity contribution in [2.24, 2.45) is 0 Å². The van der Waals surface area contributed by atoms with E-state index in [1.807, 2.05) is 25.1 Å². The molecule has 1 aromatic heterocycles. The van der Waals surface area contributed by atoms with Crippen LogP contribution in [0.5, 0.6) is 5.75 Å². The fourth-order valence-corrected chi connectivity index (χ4v) is 4.23. The highest BCUT2D eigenvalue weighted by atomic mass is 19.1. The molecule has 1 saturated carbocycles. The van der Waals surface area contributed by atoms with Crippen molar-refractivity contribution in [1.82, 2.24) is 9.97 Å². The van der Waals surface area contributed by atoms with Gasteiger partial charge in [-0.3, -0.25) is 4.98 Å². The Morgan fingerprint density at radius 1 is 1.13 bits per heavy atom. The van der Waals surface area contributed by atoms with E-state index in [1.54, 1.807) is 6.20 Å². The molecule has 0 saturated heterocycles. The van der Waals surface area contributed by atoms with E-state index in [-0.39, 0.29) is 29.7 Å². The van der Waals surface area contributed by atoms with Gasteiger partial charge in [-0.2, -0.15) is 0 Å². The Morgan fingerprint density at radius 3 is 2.71 bits per heavy atom. The number of aromatic nitrogens is 2. The molecule has 0 bridgehead atoms. The molecular formula is C24H22F2N2O3. The minimum absolute atomic E-state index is 0.0125. The summed E-state index contributed by atoms with van der Waals surface area (Å²) in [4.78, 5) is 19.7.